The molecule has 1 unspecified atom stereocenters. The second kappa shape index (κ2) is 6.73. The Balaban J connectivity index is 3.42. The summed E-state index contributed by atoms with van der Waals surface area (Å²) in [6.07, 6.45) is 2.93. The van der Waals surface area contributed by atoms with Crippen LogP contribution in [0.2, 0.25) is 0 Å². The van der Waals surface area contributed by atoms with Gasteiger partial charge in [-0.2, -0.15) is 0 Å². The van der Waals surface area contributed by atoms with Crippen LogP contribution >= 0.6 is 11.8 Å². The summed E-state index contributed by atoms with van der Waals surface area (Å²) >= 11 is 1.12. The number of hydrogen-bond donors (Lipinski definition) is 3. The zero-order chi connectivity index (χ0) is 10.3. The van der Waals surface area contributed by atoms with Crippen LogP contribution in [0.3, 0.4) is 0 Å². The second-order valence-corrected chi connectivity index (χ2v) is 3.37. The number of primary amides is 1. The lowest BCUT2D eigenvalue weighted by Crippen LogP contribution is -2.32. The molecule has 0 aromatic carbocycles. The summed E-state index contributed by atoms with van der Waals surface area (Å²) in [6.45, 7) is 0.463. The number of amides is 2. The molecule has 6 heteroatoms. The van der Waals surface area contributed by atoms with Crippen LogP contribution in [0.1, 0.15) is 12.8 Å². The molecule has 76 valence electrons. The summed E-state index contributed by atoms with van der Waals surface area (Å²) in [4.78, 5) is 21.2. The Morgan fingerprint density at radius 3 is 2.62 bits per heavy atom. The minimum atomic E-state index is -0.551. The van der Waals surface area contributed by atoms with E-state index in [1.807, 2.05) is 0 Å². The van der Waals surface area contributed by atoms with Gasteiger partial charge in [-0.3, -0.25) is 4.79 Å². The molecule has 0 rings (SSSR count). The summed E-state index contributed by atoms with van der Waals surface area (Å²) in [5, 5.41) is 2.39. The largest absolute Gasteiger partial charge is 0.352 e. The van der Waals surface area contributed by atoms with E-state index < -0.39 is 12.1 Å². The number of hydrogen-bond acceptors (Lipinski definition) is 4. The number of thioether (sulfide) groups is 1. The highest BCUT2D eigenvalue weighted by Gasteiger charge is 2.10. The monoisotopic (exact) mass is 205 g/mol. The number of urea groups is 1. The predicted octanol–water partition coefficient (Wildman–Crippen LogP) is -0.348. The van der Waals surface area contributed by atoms with Crippen molar-refractivity contribution in [2.24, 2.45) is 11.5 Å². The third kappa shape index (κ3) is 6.41. The first-order chi connectivity index (χ1) is 6.07. The van der Waals surface area contributed by atoms with Gasteiger partial charge in [0.15, 0.2) is 0 Å². The molecule has 0 bridgehead atoms. The maximum absolute atomic E-state index is 11.0. The van der Waals surface area contributed by atoms with Gasteiger partial charge >= 0.3 is 6.03 Å². The van der Waals surface area contributed by atoms with E-state index in [-0.39, 0.29) is 5.12 Å². The van der Waals surface area contributed by atoms with Crippen molar-refractivity contribution in [2.45, 2.75) is 18.9 Å². The molecule has 0 heterocycles. The molecule has 2 amide bonds. The topological polar surface area (TPSA) is 98.2 Å². The zero-order valence-electron chi connectivity index (χ0n) is 7.58. The van der Waals surface area contributed by atoms with Crippen LogP contribution in [-0.4, -0.2) is 30.0 Å². The quantitative estimate of drug-likeness (QED) is 0.534. The standard InChI is InChI=1S/C7H15N3O2S/c1-13-6(11)5(8)3-2-4-10-7(9)12/h5H,2-4,8H2,1H3,(H3,9,10,12). The lowest BCUT2D eigenvalue weighted by molar-refractivity contribution is -0.112. The average Bonchev–Trinajstić information content (AvgIpc) is 2.10. The van der Waals surface area contributed by atoms with Gasteiger partial charge in [0.2, 0.25) is 5.12 Å². The number of nitrogens with one attached hydrogen (secondary N) is 1. The molecule has 0 aromatic rings. The minimum absolute atomic E-state index is 0.0286. The number of carbonyl (C=O) groups is 2. The van der Waals surface area contributed by atoms with Gasteiger partial charge in [-0.1, -0.05) is 11.8 Å². The molecule has 0 saturated heterocycles. The third-order valence-electron chi connectivity index (χ3n) is 1.50. The van der Waals surface area contributed by atoms with Crippen molar-refractivity contribution in [3.63, 3.8) is 0 Å². The van der Waals surface area contributed by atoms with Crippen LogP contribution in [0.4, 0.5) is 4.79 Å². The van der Waals surface area contributed by atoms with Crippen LogP contribution in [0, 0.1) is 0 Å². The zero-order valence-corrected chi connectivity index (χ0v) is 8.39. The highest BCUT2D eigenvalue weighted by molar-refractivity contribution is 8.13. The molecule has 1 atom stereocenters. The molecule has 0 aliphatic rings. The lowest BCUT2D eigenvalue weighted by Gasteiger charge is -2.07. The van der Waals surface area contributed by atoms with E-state index in [4.69, 9.17) is 11.5 Å². The van der Waals surface area contributed by atoms with Gasteiger partial charge < -0.3 is 16.8 Å². The Morgan fingerprint density at radius 1 is 1.54 bits per heavy atom. The molecule has 0 aliphatic carbocycles. The highest BCUT2D eigenvalue weighted by Crippen LogP contribution is 2.03. The van der Waals surface area contributed by atoms with Crippen molar-refractivity contribution in [1.82, 2.24) is 5.32 Å². The maximum atomic E-state index is 11.0. The van der Waals surface area contributed by atoms with Crippen molar-refractivity contribution in [3.05, 3.63) is 0 Å². The van der Waals surface area contributed by atoms with E-state index in [2.05, 4.69) is 5.32 Å². The fourth-order valence-electron chi connectivity index (χ4n) is 0.803. The molecule has 5 nitrogen and oxygen atoms in total. The molecule has 0 radical (unpaired) electrons. The molecule has 0 aromatic heterocycles. The number of nitrogens with two attached hydrogens (primary N) is 2. The summed E-state index contributed by atoms with van der Waals surface area (Å²) in [5.74, 6) is 0. The maximum Gasteiger partial charge on any atom is 0.312 e. The molecule has 0 saturated carbocycles. The van der Waals surface area contributed by atoms with Crippen molar-refractivity contribution >= 4 is 22.9 Å². The van der Waals surface area contributed by atoms with E-state index in [1.165, 1.54) is 0 Å². The van der Waals surface area contributed by atoms with Crippen molar-refractivity contribution in [1.29, 1.82) is 0 Å². The Bertz CT molecular complexity index is 187. The smallest absolute Gasteiger partial charge is 0.312 e. The van der Waals surface area contributed by atoms with Crippen LogP contribution in [0.5, 0.6) is 0 Å². The van der Waals surface area contributed by atoms with Crippen LogP contribution in [-0.2, 0) is 4.79 Å². The normalized spacial score (nSPS) is 12.2. The van der Waals surface area contributed by atoms with Crippen molar-refractivity contribution < 1.29 is 9.59 Å². The number of rotatable bonds is 5. The summed E-state index contributed by atoms with van der Waals surface area (Å²) < 4.78 is 0. The van der Waals surface area contributed by atoms with Gasteiger partial charge in [-0.25, -0.2) is 4.79 Å². The third-order valence-corrected chi connectivity index (χ3v) is 2.20. The van der Waals surface area contributed by atoms with Crippen molar-refractivity contribution in [3.8, 4) is 0 Å². The fraction of sp³-hybridized carbons (Fsp3) is 0.714. The highest BCUT2D eigenvalue weighted by atomic mass is 32.2. The molecule has 0 fully saturated rings. The van der Waals surface area contributed by atoms with E-state index >= 15 is 0 Å². The average molecular weight is 205 g/mol. The Kier molecular flexibility index (Phi) is 6.34. The first-order valence-corrected chi connectivity index (χ1v) is 5.17. The lowest BCUT2D eigenvalue weighted by atomic mass is 10.2. The summed E-state index contributed by atoms with van der Waals surface area (Å²) in [6, 6.07) is -0.991. The SMILES string of the molecule is CSC(=O)C(N)CCCNC(N)=O. The first kappa shape index (κ1) is 12.2. The van der Waals surface area contributed by atoms with E-state index in [0.717, 1.165) is 11.8 Å². The Hall–Kier alpha value is -0.750. The van der Waals surface area contributed by atoms with Crippen molar-refractivity contribution in [2.75, 3.05) is 12.8 Å². The fourth-order valence-corrected chi connectivity index (χ4v) is 1.22. The van der Waals surface area contributed by atoms with Crippen LogP contribution in [0.15, 0.2) is 0 Å². The molecule has 0 aliphatic heterocycles. The van der Waals surface area contributed by atoms with Gasteiger partial charge in [0.1, 0.15) is 0 Å². The summed E-state index contributed by atoms with van der Waals surface area (Å²) in [7, 11) is 0. The van der Waals surface area contributed by atoms with Gasteiger partial charge in [-0.05, 0) is 19.1 Å². The molecular weight excluding hydrogens is 190 g/mol. The van der Waals surface area contributed by atoms with E-state index in [0.29, 0.717) is 19.4 Å². The molecular formula is C7H15N3O2S. The predicted molar refractivity (Wildman–Crippen MR) is 53.3 cm³/mol. The second-order valence-electron chi connectivity index (χ2n) is 2.56. The van der Waals surface area contributed by atoms with Crippen LogP contribution in [0.25, 0.3) is 0 Å². The van der Waals surface area contributed by atoms with E-state index in [1.54, 1.807) is 6.26 Å². The Morgan fingerprint density at radius 2 is 2.15 bits per heavy atom. The molecule has 5 N–H and O–H groups in total. The van der Waals surface area contributed by atoms with E-state index in [9.17, 15) is 9.59 Å². The Labute approximate surface area is 81.6 Å². The number of carbonyl (C=O) groups excluding carboxylic acids is 2. The van der Waals surface area contributed by atoms with Crippen LogP contribution < -0.4 is 16.8 Å². The van der Waals surface area contributed by atoms with Gasteiger partial charge in [0, 0.05) is 6.54 Å². The van der Waals surface area contributed by atoms with Gasteiger partial charge in [0.05, 0.1) is 6.04 Å². The summed E-state index contributed by atoms with van der Waals surface area (Å²) in [5.41, 5.74) is 10.4. The first-order valence-electron chi connectivity index (χ1n) is 3.94. The van der Waals surface area contributed by atoms with Gasteiger partial charge in [-0.15, -0.1) is 0 Å². The molecule has 13 heavy (non-hydrogen) atoms. The minimum Gasteiger partial charge on any atom is -0.352 e. The molecule has 0 spiro atoms. The van der Waals surface area contributed by atoms with Gasteiger partial charge in [0.25, 0.3) is 0 Å².